The summed E-state index contributed by atoms with van der Waals surface area (Å²) in [6.45, 7) is 11.3. The molecule has 2 aliphatic rings. The zero-order chi connectivity index (χ0) is 22.8. The van der Waals surface area contributed by atoms with E-state index in [1.807, 2.05) is 61.8 Å². The number of nitrogens with zero attached hydrogens (tertiary/aromatic N) is 4. The first-order valence-corrected chi connectivity index (χ1v) is 11.6. The molecular weight excluding hydrogens is 404 g/mol. The third-order valence-electron chi connectivity index (χ3n) is 6.71. The van der Waals surface area contributed by atoms with Crippen molar-refractivity contribution in [1.29, 1.82) is 0 Å². The summed E-state index contributed by atoms with van der Waals surface area (Å²) < 4.78 is 7.90. The van der Waals surface area contributed by atoms with E-state index in [-0.39, 0.29) is 29.9 Å². The predicted molar refractivity (Wildman–Crippen MR) is 122 cm³/mol. The van der Waals surface area contributed by atoms with Gasteiger partial charge in [-0.2, -0.15) is 0 Å². The number of aromatic nitrogens is 2. The highest BCUT2D eigenvalue weighted by molar-refractivity contribution is 5.96. The van der Waals surface area contributed by atoms with Crippen LogP contribution in [0.2, 0.25) is 0 Å². The van der Waals surface area contributed by atoms with Gasteiger partial charge in [0, 0.05) is 49.7 Å². The van der Waals surface area contributed by atoms with Gasteiger partial charge in [-0.3, -0.25) is 14.6 Å². The first kappa shape index (κ1) is 22.5. The van der Waals surface area contributed by atoms with Gasteiger partial charge in [-0.1, -0.05) is 6.07 Å². The Morgan fingerprint density at radius 2 is 1.75 bits per heavy atom. The smallest absolute Gasteiger partial charge is 0.255 e. The second-order valence-corrected chi connectivity index (χ2v) is 9.26. The van der Waals surface area contributed by atoms with Crippen LogP contribution in [-0.2, 0) is 16.1 Å². The predicted octanol–water partition coefficient (Wildman–Crippen LogP) is 3.04. The van der Waals surface area contributed by atoms with Crippen LogP contribution in [0.5, 0.6) is 0 Å². The third kappa shape index (κ3) is 4.72. The molecule has 0 saturated carbocycles. The molecule has 4 rings (SSSR count). The summed E-state index contributed by atoms with van der Waals surface area (Å²) in [6, 6.07) is 7.86. The van der Waals surface area contributed by atoms with E-state index in [1.54, 1.807) is 6.20 Å². The summed E-state index contributed by atoms with van der Waals surface area (Å²) in [5.74, 6) is 0.269. The molecule has 2 unspecified atom stereocenters. The van der Waals surface area contributed by atoms with E-state index in [4.69, 9.17) is 4.74 Å². The standard InChI is InChI=1S/C25H34N4O3/c1-17-13-23(20(4)29(17)16-22-7-5-6-10-26-22)25(31)27-11-8-21(9-12-27)24(30)28-14-18(2)32-19(3)15-28/h5-7,10,13,18-19,21H,8-9,11-12,14-16H2,1-4H3. The number of carbonyl (C=O) groups is 2. The van der Waals surface area contributed by atoms with Crippen molar-refractivity contribution < 1.29 is 14.3 Å². The molecular formula is C25H34N4O3. The lowest BCUT2D eigenvalue weighted by Crippen LogP contribution is -2.51. The van der Waals surface area contributed by atoms with Crippen molar-refractivity contribution in [3.8, 4) is 0 Å². The average molecular weight is 439 g/mol. The minimum atomic E-state index is -0.00636. The fraction of sp³-hybridized carbons (Fsp3) is 0.560. The first-order valence-electron chi connectivity index (χ1n) is 11.6. The van der Waals surface area contributed by atoms with Crippen LogP contribution in [0.25, 0.3) is 0 Å². The van der Waals surface area contributed by atoms with Crippen LogP contribution in [0, 0.1) is 19.8 Å². The van der Waals surface area contributed by atoms with Crippen LogP contribution in [0.15, 0.2) is 30.5 Å². The number of rotatable bonds is 4. The maximum Gasteiger partial charge on any atom is 0.255 e. The lowest BCUT2D eigenvalue weighted by Gasteiger charge is -2.39. The first-order chi connectivity index (χ1) is 15.3. The molecule has 2 aromatic rings. The van der Waals surface area contributed by atoms with Crippen molar-refractivity contribution in [2.45, 2.75) is 59.3 Å². The van der Waals surface area contributed by atoms with Crippen molar-refractivity contribution in [2.75, 3.05) is 26.2 Å². The van der Waals surface area contributed by atoms with E-state index >= 15 is 0 Å². The fourth-order valence-corrected chi connectivity index (χ4v) is 5.03. The molecule has 2 saturated heterocycles. The number of hydrogen-bond donors (Lipinski definition) is 0. The SMILES string of the molecule is Cc1cc(C(=O)N2CCC(C(=O)N3CC(C)OC(C)C3)CC2)c(C)n1Cc1ccccn1. The number of ether oxygens (including phenoxy) is 1. The maximum absolute atomic E-state index is 13.3. The number of carbonyl (C=O) groups excluding carboxylic acids is 2. The van der Waals surface area contributed by atoms with Crippen molar-refractivity contribution in [1.82, 2.24) is 19.4 Å². The maximum atomic E-state index is 13.3. The van der Waals surface area contributed by atoms with Gasteiger partial charge in [0.25, 0.3) is 5.91 Å². The zero-order valence-corrected chi connectivity index (χ0v) is 19.6. The summed E-state index contributed by atoms with van der Waals surface area (Å²) in [6.07, 6.45) is 3.38. The summed E-state index contributed by atoms with van der Waals surface area (Å²) in [4.78, 5) is 34.6. The van der Waals surface area contributed by atoms with E-state index in [2.05, 4.69) is 9.55 Å². The molecule has 172 valence electrons. The molecule has 2 fully saturated rings. The number of morpholine rings is 1. The lowest BCUT2D eigenvalue weighted by atomic mass is 9.94. The Morgan fingerprint density at radius 3 is 2.38 bits per heavy atom. The molecule has 0 aliphatic carbocycles. The molecule has 32 heavy (non-hydrogen) atoms. The minimum absolute atomic E-state index is 0.00636. The fourth-order valence-electron chi connectivity index (χ4n) is 5.03. The largest absolute Gasteiger partial charge is 0.372 e. The van der Waals surface area contributed by atoms with Gasteiger partial charge in [0.15, 0.2) is 0 Å². The molecule has 2 aromatic heterocycles. The van der Waals surface area contributed by atoms with Gasteiger partial charge < -0.3 is 19.1 Å². The van der Waals surface area contributed by atoms with Gasteiger partial charge in [0.2, 0.25) is 5.91 Å². The Balaban J connectivity index is 1.38. The second-order valence-electron chi connectivity index (χ2n) is 9.26. The van der Waals surface area contributed by atoms with Gasteiger partial charge in [-0.05, 0) is 58.7 Å². The van der Waals surface area contributed by atoms with Crippen LogP contribution < -0.4 is 0 Å². The summed E-state index contributed by atoms with van der Waals surface area (Å²) in [5, 5.41) is 0. The van der Waals surface area contributed by atoms with Crippen LogP contribution >= 0.6 is 0 Å². The van der Waals surface area contributed by atoms with E-state index in [0.29, 0.717) is 32.7 Å². The van der Waals surface area contributed by atoms with E-state index < -0.39 is 0 Å². The molecule has 2 amide bonds. The highest BCUT2D eigenvalue weighted by Crippen LogP contribution is 2.25. The summed E-state index contributed by atoms with van der Waals surface area (Å²) >= 11 is 0. The highest BCUT2D eigenvalue weighted by Gasteiger charge is 2.34. The van der Waals surface area contributed by atoms with Gasteiger partial charge in [-0.25, -0.2) is 0 Å². The Kier molecular flexibility index (Phi) is 6.65. The minimum Gasteiger partial charge on any atom is -0.372 e. The normalized spacial score (nSPS) is 22.2. The van der Waals surface area contributed by atoms with Gasteiger partial charge in [0.1, 0.15) is 0 Å². The highest BCUT2D eigenvalue weighted by atomic mass is 16.5. The zero-order valence-electron chi connectivity index (χ0n) is 19.6. The van der Waals surface area contributed by atoms with Crippen LogP contribution in [0.3, 0.4) is 0 Å². The van der Waals surface area contributed by atoms with E-state index in [1.165, 1.54) is 0 Å². The molecule has 2 atom stereocenters. The molecule has 7 heteroatoms. The van der Waals surface area contributed by atoms with Crippen molar-refractivity contribution >= 4 is 11.8 Å². The monoisotopic (exact) mass is 438 g/mol. The van der Waals surface area contributed by atoms with Crippen LogP contribution in [0.1, 0.15) is 54.1 Å². The van der Waals surface area contributed by atoms with Crippen molar-refractivity contribution in [3.05, 3.63) is 53.1 Å². The number of amides is 2. The number of hydrogen-bond acceptors (Lipinski definition) is 4. The Morgan fingerprint density at radius 1 is 1.06 bits per heavy atom. The Labute approximate surface area is 190 Å². The van der Waals surface area contributed by atoms with Gasteiger partial charge >= 0.3 is 0 Å². The lowest BCUT2D eigenvalue weighted by molar-refractivity contribution is -0.148. The molecule has 0 spiro atoms. The molecule has 0 radical (unpaired) electrons. The van der Waals surface area contributed by atoms with Crippen molar-refractivity contribution in [2.24, 2.45) is 5.92 Å². The molecule has 7 nitrogen and oxygen atoms in total. The summed E-state index contributed by atoms with van der Waals surface area (Å²) in [7, 11) is 0. The number of aryl methyl sites for hydroxylation is 1. The topological polar surface area (TPSA) is 67.7 Å². The average Bonchev–Trinajstić information content (AvgIpc) is 3.06. The van der Waals surface area contributed by atoms with E-state index in [9.17, 15) is 9.59 Å². The molecule has 4 heterocycles. The second kappa shape index (κ2) is 9.45. The quantitative estimate of drug-likeness (QED) is 0.736. The van der Waals surface area contributed by atoms with Crippen molar-refractivity contribution in [3.63, 3.8) is 0 Å². The van der Waals surface area contributed by atoms with Gasteiger partial charge in [-0.15, -0.1) is 0 Å². The molecule has 0 aromatic carbocycles. The third-order valence-corrected chi connectivity index (χ3v) is 6.71. The number of piperidine rings is 1. The van der Waals surface area contributed by atoms with Crippen LogP contribution in [0.4, 0.5) is 0 Å². The van der Waals surface area contributed by atoms with E-state index in [0.717, 1.165) is 35.5 Å². The Bertz CT molecular complexity index is 953. The number of pyridine rings is 1. The Hall–Kier alpha value is -2.67. The summed E-state index contributed by atoms with van der Waals surface area (Å²) in [5.41, 5.74) is 3.74. The molecule has 0 bridgehead atoms. The van der Waals surface area contributed by atoms with Gasteiger partial charge in [0.05, 0.1) is 30.0 Å². The van der Waals surface area contributed by atoms with Crippen LogP contribution in [-0.4, -0.2) is 69.6 Å². The molecule has 2 aliphatic heterocycles. The molecule has 0 N–H and O–H groups in total. The number of likely N-dealkylation sites (tertiary alicyclic amines) is 1.